The van der Waals surface area contributed by atoms with E-state index < -0.39 is 0 Å². The van der Waals surface area contributed by atoms with Crippen LogP contribution in [0.2, 0.25) is 0 Å². The standard InChI is InChI=1S/C17H20N4O2/c1-5-23-13-9-7-6-8-11(13)14-19-15-12(16(22)20-14)10-18-21(15)17(2,3)4/h6-10H,5H2,1-4H3,(H,19,20,22). The molecule has 3 rings (SSSR count). The average Bonchev–Trinajstić information content (AvgIpc) is 2.92. The van der Waals surface area contributed by atoms with Crippen LogP contribution in [0.5, 0.6) is 5.75 Å². The molecule has 0 saturated heterocycles. The molecular weight excluding hydrogens is 292 g/mol. The number of hydrogen-bond donors (Lipinski definition) is 1. The normalized spacial score (nSPS) is 11.8. The Kier molecular flexibility index (Phi) is 3.67. The fourth-order valence-corrected chi connectivity index (χ4v) is 2.48. The van der Waals surface area contributed by atoms with E-state index in [4.69, 9.17) is 4.74 Å². The minimum Gasteiger partial charge on any atom is -0.493 e. The molecule has 0 aliphatic carbocycles. The van der Waals surface area contributed by atoms with Gasteiger partial charge in [0.1, 0.15) is 17.0 Å². The Morgan fingerprint density at radius 2 is 2.00 bits per heavy atom. The largest absolute Gasteiger partial charge is 0.493 e. The van der Waals surface area contributed by atoms with Crippen molar-refractivity contribution in [2.45, 2.75) is 33.2 Å². The van der Waals surface area contributed by atoms with Crippen LogP contribution in [-0.4, -0.2) is 26.4 Å². The van der Waals surface area contributed by atoms with E-state index in [1.807, 2.05) is 52.0 Å². The van der Waals surface area contributed by atoms with E-state index in [0.717, 1.165) is 5.56 Å². The molecule has 0 fully saturated rings. The van der Waals surface area contributed by atoms with Crippen LogP contribution in [0.3, 0.4) is 0 Å². The van der Waals surface area contributed by atoms with Gasteiger partial charge in [0.05, 0.1) is 23.9 Å². The van der Waals surface area contributed by atoms with Crippen molar-refractivity contribution < 1.29 is 4.74 Å². The topological polar surface area (TPSA) is 72.8 Å². The molecule has 6 nitrogen and oxygen atoms in total. The molecule has 0 aliphatic heterocycles. The molecule has 0 radical (unpaired) electrons. The lowest BCUT2D eigenvalue weighted by molar-refractivity contribution is 0.341. The zero-order valence-electron chi connectivity index (χ0n) is 13.8. The number of nitrogens with zero attached hydrogens (tertiary/aromatic N) is 3. The van der Waals surface area contributed by atoms with Crippen LogP contribution in [0.25, 0.3) is 22.4 Å². The summed E-state index contributed by atoms with van der Waals surface area (Å²) in [4.78, 5) is 19.9. The number of ether oxygens (including phenoxy) is 1. The van der Waals surface area contributed by atoms with Crippen molar-refractivity contribution in [3.8, 4) is 17.1 Å². The molecule has 120 valence electrons. The van der Waals surface area contributed by atoms with E-state index in [9.17, 15) is 4.79 Å². The maximum absolute atomic E-state index is 12.4. The molecule has 23 heavy (non-hydrogen) atoms. The summed E-state index contributed by atoms with van der Waals surface area (Å²) in [6, 6.07) is 7.53. The molecule has 0 atom stereocenters. The Balaban J connectivity index is 2.26. The first-order valence-electron chi connectivity index (χ1n) is 7.62. The molecule has 0 amide bonds. The van der Waals surface area contributed by atoms with E-state index in [1.54, 1.807) is 10.9 Å². The molecule has 2 heterocycles. The van der Waals surface area contributed by atoms with Gasteiger partial charge in [0.25, 0.3) is 5.56 Å². The highest BCUT2D eigenvalue weighted by atomic mass is 16.5. The lowest BCUT2D eigenvalue weighted by atomic mass is 10.1. The van der Waals surface area contributed by atoms with Gasteiger partial charge in [-0.15, -0.1) is 0 Å². The maximum Gasteiger partial charge on any atom is 0.262 e. The van der Waals surface area contributed by atoms with Gasteiger partial charge in [0.2, 0.25) is 0 Å². The zero-order valence-corrected chi connectivity index (χ0v) is 13.8. The van der Waals surface area contributed by atoms with Crippen LogP contribution in [-0.2, 0) is 5.54 Å². The highest BCUT2D eigenvalue weighted by Crippen LogP contribution is 2.28. The molecule has 1 N–H and O–H groups in total. The molecule has 2 aromatic heterocycles. The van der Waals surface area contributed by atoms with Gasteiger partial charge in [0.15, 0.2) is 5.65 Å². The van der Waals surface area contributed by atoms with Crippen LogP contribution in [0, 0.1) is 0 Å². The van der Waals surface area contributed by atoms with Crippen LogP contribution in [0.1, 0.15) is 27.7 Å². The molecule has 6 heteroatoms. The summed E-state index contributed by atoms with van der Waals surface area (Å²) in [5.74, 6) is 1.18. The SMILES string of the molecule is CCOc1ccccc1-c1nc2c(cnn2C(C)(C)C)c(=O)[nH]1. The van der Waals surface area contributed by atoms with Crippen molar-refractivity contribution >= 4 is 11.0 Å². The van der Waals surface area contributed by atoms with Gasteiger partial charge in [-0.05, 0) is 39.8 Å². The first-order valence-corrected chi connectivity index (χ1v) is 7.62. The highest BCUT2D eigenvalue weighted by molar-refractivity contribution is 5.77. The number of aromatic amines is 1. The van der Waals surface area contributed by atoms with Crippen LogP contribution < -0.4 is 10.3 Å². The molecular formula is C17H20N4O2. The fourth-order valence-electron chi connectivity index (χ4n) is 2.48. The molecule has 0 unspecified atom stereocenters. The van der Waals surface area contributed by atoms with Gasteiger partial charge in [-0.1, -0.05) is 12.1 Å². The van der Waals surface area contributed by atoms with Crippen molar-refractivity contribution in [1.29, 1.82) is 0 Å². The number of para-hydroxylation sites is 1. The predicted octanol–water partition coefficient (Wildman–Crippen LogP) is 2.94. The summed E-state index contributed by atoms with van der Waals surface area (Å²) in [5.41, 5.74) is 0.864. The number of benzene rings is 1. The van der Waals surface area contributed by atoms with E-state index in [0.29, 0.717) is 29.2 Å². The molecule has 1 aromatic carbocycles. The molecule has 0 aliphatic rings. The minimum absolute atomic E-state index is 0.202. The first-order chi connectivity index (χ1) is 10.9. The van der Waals surface area contributed by atoms with Gasteiger partial charge in [-0.3, -0.25) is 4.79 Å². The Labute approximate surface area is 134 Å². The van der Waals surface area contributed by atoms with E-state index in [-0.39, 0.29) is 11.1 Å². The summed E-state index contributed by atoms with van der Waals surface area (Å²) >= 11 is 0. The first kappa shape index (κ1) is 15.3. The van der Waals surface area contributed by atoms with Gasteiger partial charge >= 0.3 is 0 Å². The second kappa shape index (κ2) is 5.53. The van der Waals surface area contributed by atoms with Crippen molar-refractivity contribution in [3.05, 3.63) is 40.8 Å². The minimum atomic E-state index is -0.265. The van der Waals surface area contributed by atoms with Crippen molar-refractivity contribution in [1.82, 2.24) is 19.7 Å². The quantitative estimate of drug-likeness (QED) is 0.807. The third kappa shape index (κ3) is 2.72. The Morgan fingerprint density at radius 1 is 1.26 bits per heavy atom. The second-order valence-corrected chi connectivity index (χ2v) is 6.31. The van der Waals surface area contributed by atoms with Crippen LogP contribution in [0.15, 0.2) is 35.3 Å². The number of rotatable bonds is 3. The van der Waals surface area contributed by atoms with E-state index in [1.165, 1.54) is 0 Å². The maximum atomic E-state index is 12.4. The second-order valence-electron chi connectivity index (χ2n) is 6.31. The summed E-state index contributed by atoms with van der Waals surface area (Å²) in [6.45, 7) is 8.54. The smallest absolute Gasteiger partial charge is 0.262 e. The lowest BCUT2D eigenvalue weighted by Gasteiger charge is -2.19. The number of H-pyrrole nitrogens is 1. The summed E-state index contributed by atoms with van der Waals surface area (Å²) in [6.07, 6.45) is 1.56. The number of hydrogen-bond acceptors (Lipinski definition) is 4. The van der Waals surface area contributed by atoms with Crippen molar-refractivity contribution in [3.63, 3.8) is 0 Å². The number of aromatic nitrogens is 4. The molecule has 0 spiro atoms. The summed E-state index contributed by atoms with van der Waals surface area (Å²) in [5, 5.41) is 4.81. The monoisotopic (exact) mass is 312 g/mol. The Hall–Kier alpha value is -2.63. The van der Waals surface area contributed by atoms with Gasteiger partial charge in [0, 0.05) is 0 Å². The number of nitrogens with one attached hydrogen (secondary N) is 1. The molecule has 0 saturated carbocycles. The van der Waals surface area contributed by atoms with Crippen LogP contribution in [0.4, 0.5) is 0 Å². The van der Waals surface area contributed by atoms with Gasteiger partial charge in [-0.25, -0.2) is 9.67 Å². The van der Waals surface area contributed by atoms with Gasteiger partial charge in [-0.2, -0.15) is 5.10 Å². The highest BCUT2D eigenvalue weighted by Gasteiger charge is 2.20. The molecule has 3 aromatic rings. The van der Waals surface area contributed by atoms with E-state index in [2.05, 4.69) is 15.1 Å². The fraction of sp³-hybridized carbons (Fsp3) is 0.353. The predicted molar refractivity (Wildman–Crippen MR) is 89.7 cm³/mol. The summed E-state index contributed by atoms with van der Waals surface area (Å²) in [7, 11) is 0. The molecule has 0 bridgehead atoms. The third-order valence-electron chi connectivity index (χ3n) is 3.52. The van der Waals surface area contributed by atoms with Crippen molar-refractivity contribution in [2.24, 2.45) is 0 Å². The Morgan fingerprint density at radius 3 is 2.70 bits per heavy atom. The van der Waals surface area contributed by atoms with Crippen molar-refractivity contribution in [2.75, 3.05) is 6.61 Å². The summed E-state index contributed by atoms with van der Waals surface area (Å²) < 4.78 is 7.41. The lowest BCUT2D eigenvalue weighted by Crippen LogP contribution is -2.24. The zero-order chi connectivity index (χ0) is 16.6. The van der Waals surface area contributed by atoms with Gasteiger partial charge < -0.3 is 9.72 Å². The Bertz CT molecular complexity index is 903. The van der Waals surface area contributed by atoms with Crippen LogP contribution >= 0.6 is 0 Å². The van der Waals surface area contributed by atoms with E-state index >= 15 is 0 Å². The third-order valence-corrected chi connectivity index (χ3v) is 3.52. The number of fused-ring (bicyclic) bond motifs is 1. The average molecular weight is 312 g/mol.